The van der Waals surface area contributed by atoms with Crippen molar-refractivity contribution in [2.45, 2.75) is 31.8 Å². The second-order valence-electron chi connectivity index (χ2n) is 7.88. The van der Waals surface area contributed by atoms with Crippen molar-refractivity contribution in [1.82, 2.24) is 15.1 Å². The van der Waals surface area contributed by atoms with Crippen LogP contribution in [-0.2, 0) is 6.42 Å². The molecule has 30 heavy (non-hydrogen) atoms. The van der Waals surface area contributed by atoms with Crippen LogP contribution in [0.25, 0.3) is 5.69 Å². The van der Waals surface area contributed by atoms with Crippen LogP contribution in [0.5, 0.6) is 0 Å². The molecule has 156 valence electrons. The smallest absolute Gasteiger partial charge is 0.254 e. The summed E-state index contributed by atoms with van der Waals surface area (Å²) in [6, 6.07) is 12.4. The number of aliphatic hydroxyl groups is 1. The second kappa shape index (κ2) is 8.36. The van der Waals surface area contributed by atoms with Crippen molar-refractivity contribution in [3.63, 3.8) is 0 Å². The topological polar surface area (TPSA) is 67.2 Å². The van der Waals surface area contributed by atoms with Gasteiger partial charge in [-0.3, -0.25) is 4.79 Å². The highest BCUT2D eigenvalue weighted by Crippen LogP contribution is 2.41. The maximum absolute atomic E-state index is 14.0. The molecule has 1 heterocycles. The van der Waals surface area contributed by atoms with Crippen LogP contribution in [0.3, 0.4) is 0 Å². The number of benzene rings is 2. The number of nitrogens with zero attached hydrogens (tertiary/aromatic N) is 2. The highest BCUT2D eigenvalue weighted by Gasteiger charge is 2.42. The molecule has 3 aromatic rings. The fourth-order valence-electron chi connectivity index (χ4n) is 4.17. The Hall–Kier alpha value is -3.06. The van der Waals surface area contributed by atoms with Crippen LogP contribution in [-0.4, -0.2) is 33.4 Å². The number of hydrogen-bond acceptors (Lipinski definition) is 3. The lowest BCUT2D eigenvalue weighted by Crippen LogP contribution is -2.44. The third-order valence-corrected chi connectivity index (χ3v) is 5.87. The molecule has 1 aliphatic carbocycles. The Morgan fingerprint density at radius 1 is 1.20 bits per heavy atom. The summed E-state index contributed by atoms with van der Waals surface area (Å²) in [5, 5.41) is 17.6. The molecule has 2 N–H and O–H groups in total. The van der Waals surface area contributed by atoms with Crippen molar-refractivity contribution in [1.29, 1.82) is 0 Å². The van der Waals surface area contributed by atoms with Crippen LogP contribution in [0.15, 0.2) is 60.9 Å². The Labute approximate surface area is 173 Å². The second-order valence-corrected chi connectivity index (χ2v) is 7.88. The molecule has 4 rings (SSSR count). The number of carbonyl (C=O) groups excluding carboxylic acids is 1. The monoisotopic (exact) mass is 411 g/mol. The van der Waals surface area contributed by atoms with Crippen molar-refractivity contribution in [2.24, 2.45) is 5.41 Å². The molecule has 0 spiro atoms. The summed E-state index contributed by atoms with van der Waals surface area (Å²) < 4.78 is 28.5. The molecular weight excluding hydrogens is 388 g/mol. The maximum atomic E-state index is 14.0. The molecule has 0 aliphatic heterocycles. The first kappa shape index (κ1) is 20.2. The Morgan fingerprint density at radius 3 is 2.67 bits per heavy atom. The number of aromatic nitrogens is 2. The van der Waals surface area contributed by atoms with Gasteiger partial charge in [-0.1, -0.05) is 30.7 Å². The van der Waals surface area contributed by atoms with E-state index in [1.54, 1.807) is 30.3 Å². The van der Waals surface area contributed by atoms with Gasteiger partial charge >= 0.3 is 0 Å². The van der Waals surface area contributed by atoms with E-state index in [0.717, 1.165) is 18.4 Å². The van der Waals surface area contributed by atoms with Crippen LogP contribution in [0.4, 0.5) is 8.78 Å². The highest BCUT2D eigenvalue weighted by atomic mass is 19.1. The van der Waals surface area contributed by atoms with E-state index in [1.807, 2.05) is 0 Å². The van der Waals surface area contributed by atoms with E-state index in [-0.39, 0.29) is 24.0 Å². The third kappa shape index (κ3) is 4.11. The lowest BCUT2D eigenvalue weighted by molar-refractivity contribution is 0.0500. The van der Waals surface area contributed by atoms with Crippen molar-refractivity contribution < 1.29 is 18.7 Å². The normalized spacial score (nSPS) is 21.0. The molecule has 1 aliphatic rings. The molecule has 7 heteroatoms. The van der Waals surface area contributed by atoms with Crippen molar-refractivity contribution in [2.75, 3.05) is 6.54 Å². The number of rotatable bonds is 6. The summed E-state index contributed by atoms with van der Waals surface area (Å²) in [5.41, 5.74) is 0.979. The van der Waals surface area contributed by atoms with Gasteiger partial charge in [-0.25, -0.2) is 13.5 Å². The van der Waals surface area contributed by atoms with Gasteiger partial charge in [0.2, 0.25) is 0 Å². The Kier molecular flexibility index (Phi) is 5.63. The van der Waals surface area contributed by atoms with Gasteiger partial charge in [0.15, 0.2) is 0 Å². The zero-order chi connectivity index (χ0) is 21.1. The van der Waals surface area contributed by atoms with E-state index >= 15 is 0 Å². The number of hydrogen-bond donors (Lipinski definition) is 2. The molecule has 0 unspecified atom stereocenters. The van der Waals surface area contributed by atoms with Crippen molar-refractivity contribution in [3.8, 4) is 5.69 Å². The highest BCUT2D eigenvalue weighted by molar-refractivity contribution is 5.93. The van der Waals surface area contributed by atoms with E-state index in [1.165, 1.54) is 35.3 Å². The Bertz CT molecular complexity index is 1030. The zero-order valence-corrected chi connectivity index (χ0v) is 16.4. The van der Waals surface area contributed by atoms with Crippen LogP contribution in [0, 0.1) is 17.0 Å². The van der Waals surface area contributed by atoms with Crippen LogP contribution in [0.2, 0.25) is 0 Å². The molecular formula is C23H23F2N3O2. The standard InChI is InChI=1S/C23H23F2N3O2/c24-18-9-7-16(8-10-18)12-23(11-3-6-21(23)29)15-26-22(30)17-13-27-28(14-17)20-5-2-1-4-19(20)25/h1-2,4-5,7-10,13-14,21,29H,3,6,11-12,15H2,(H,26,30)/t21-,23+/m1/s1. The number of halogens is 2. The maximum Gasteiger partial charge on any atom is 0.254 e. The predicted octanol–water partition coefficient (Wildman–Crippen LogP) is 3.65. The number of aliphatic hydroxyl groups excluding tert-OH is 1. The Balaban J connectivity index is 1.47. The molecule has 2 aromatic carbocycles. The van der Waals surface area contributed by atoms with Gasteiger partial charge in [-0.05, 0) is 49.1 Å². The molecule has 1 saturated carbocycles. The van der Waals surface area contributed by atoms with E-state index in [9.17, 15) is 18.7 Å². The summed E-state index contributed by atoms with van der Waals surface area (Å²) in [6.07, 6.45) is 5.16. The molecule has 2 atom stereocenters. The van der Waals surface area contributed by atoms with Gasteiger partial charge in [0.05, 0.1) is 17.9 Å². The number of amides is 1. The first-order chi connectivity index (χ1) is 14.5. The van der Waals surface area contributed by atoms with Gasteiger partial charge in [0.25, 0.3) is 5.91 Å². The number of para-hydroxylation sites is 1. The average Bonchev–Trinajstić information content (AvgIpc) is 3.36. The number of nitrogens with one attached hydrogen (secondary N) is 1. The summed E-state index contributed by atoms with van der Waals surface area (Å²) in [7, 11) is 0. The molecule has 0 radical (unpaired) electrons. The summed E-state index contributed by atoms with van der Waals surface area (Å²) in [6.45, 7) is 0.287. The fourth-order valence-corrected chi connectivity index (χ4v) is 4.17. The van der Waals surface area contributed by atoms with Crippen molar-refractivity contribution in [3.05, 3.63) is 83.7 Å². The molecule has 1 fully saturated rings. The SMILES string of the molecule is O=C(NC[C@@]1(Cc2ccc(F)cc2)CCC[C@H]1O)c1cnn(-c2ccccc2F)c1. The summed E-state index contributed by atoms with van der Waals surface area (Å²) in [5.74, 6) is -1.07. The van der Waals surface area contributed by atoms with Gasteiger partial charge in [0.1, 0.15) is 17.3 Å². The van der Waals surface area contributed by atoms with Crippen LogP contribution in [0.1, 0.15) is 35.2 Å². The number of carbonyl (C=O) groups is 1. The first-order valence-electron chi connectivity index (χ1n) is 9.97. The van der Waals surface area contributed by atoms with E-state index in [0.29, 0.717) is 18.4 Å². The lowest BCUT2D eigenvalue weighted by atomic mass is 9.78. The quantitative estimate of drug-likeness (QED) is 0.651. The molecule has 1 amide bonds. The minimum atomic E-state index is -0.552. The Morgan fingerprint density at radius 2 is 1.97 bits per heavy atom. The van der Waals surface area contributed by atoms with E-state index in [2.05, 4.69) is 10.4 Å². The average molecular weight is 411 g/mol. The van der Waals surface area contributed by atoms with Gasteiger partial charge in [-0.15, -0.1) is 0 Å². The van der Waals surface area contributed by atoms with E-state index in [4.69, 9.17) is 0 Å². The van der Waals surface area contributed by atoms with Gasteiger partial charge in [0, 0.05) is 18.2 Å². The van der Waals surface area contributed by atoms with Crippen LogP contribution >= 0.6 is 0 Å². The van der Waals surface area contributed by atoms with Gasteiger partial charge in [-0.2, -0.15) is 5.10 Å². The van der Waals surface area contributed by atoms with E-state index < -0.39 is 17.3 Å². The molecule has 0 bridgehead atoms. The fraction of sp³-hybridized carbons (Fsp3) is 0.304. The molecule has 5 nitrogen and oxygen atoms in total. The summed E-state index contributed by atoms with van der Waals surface area (Å²) >= 11 is 0. The third-order valence-electron chi connectivity index (χ3n) is 5.87. The predicted molar refractivity (Wildman–Crippen MR) is 108 cm³/mol. The first-order valence-corrected chi connectivity index (χ1v) is 9.97. The molecule has 0 saturated heterocycles. The molecule has 1 aromatic heterocycles. The lowest BCUT2D eigenvalue weighted by Gasteiger charge is -2.33. The largest absolute Gasteiger partial charge is 0.392 e. The van der Waals surface area contributed by atoms with Crippen molar-refractivity contribution >= 4 is 5.91 Å². The van der Waals surface area contributed by atoms with Gasteiger partial charge < -0.3 is 10.4 Å². The van der Waals surface area contributed by atoms with Crippen LogP contribution < -0.4 is 5.32 Å². The minimum absolute atomic E-state index is 0.260. The minimum Gasteiger partial charge on any atom is -0.392 e. The zero-order valence-electron chi connectivity index (χ0n) is 16.4. The summed E-state index contributed by atoms with van der Waals surface area (Å²) in [4.78, 5) is 12.7.